The summed E-state index contributed by atoms with van der Waals surface area (Å²) in [5, 5.41) is 19.6. The predicted molar refractivity (Wildman–Crippen MR) is 72.3 cm³/mol. The molecule has 1 N–H and O–H groups in total. The van der Waals surface area contributed by atoms with Gasteiger partial charge in [-0.2, -0.15) is 0 Å². The van der Waals surface area contributed by atoms with E-state index in [1.165, 1.54) is 12.4 Å². The van der Waals surface area contributed by atoms with E-state index in [-0.39, 0.29) is 25.7 Å². The van der Waals surface area contributed by atoms with Crippen LogP contribution in [0.25, 0.3) is 0 Å². The molecule has 0 aliphatic heterocycles. The molecule has 0 aliphatic rings. The Morgan fingerprint density at radius 1 is 1.40 bits per heavy atom. The zero-order chi connectivity index (χ0) is 14.9. The van der Waals surface area contributed by atoms with Gasteiger partial charge in [0.1, 0.15) is 14.9 Å². The van der Waals surface area contributed by atoms with Crippen molar-refractivity contribution < 1.29 is 19.6 Å². The first-order valence-corrected chi connectivity index (χ1v) is 6.45. The molecule has 20 heavy (non-hydrogen) atoms. The van der Waals surface area contributed by atoms with Gasteiger partial charge in [0, 0.05) is 18.5 Å². The van der Waals surface area contributed by atoms with E-state index < -0.39 is 16.6 Å². The standard InChI is InChI=1S/C10H4Cl2N2O5S/c11-4-2-13-3-5(12)8(4)19-10-6(14(17)18)1-7(20-10)9(15)16/h1-3H,(H,15,16). The van der Waals surface area contributed by atoms with Gasteiger partial charge in [-0.15, -0.1) is 0 Å². The number of pyridine rings is 1. The third-order valence-electron chi connectivity index (χ3n) is 2.09. The van der Waals surface area contributed by atoms with E-state index in [0.717, 1.165) is 6.07 Å². The summed E-state index contributed by atoms with van der Waals surface area (Å²) in [6.07, 6.45) is 2.50. The fourth-order valence-electron chi connectivity index (χ4n) is 1.26. The van der Waals surface area contributed by atoms with Gasteiger partial charge in [0.25, 0.3) is 5.06 Å². The first-order valence-electron chi connectivity index (χ1n) is 4.88. The molecule has 10 heteroatoms. The van der Waals surface area contributed by atoms with Crippen molar-refractivity contribution in [3.63, 3.8) is 0 Å². The normalized spacial score (nSPS) is 10.3. The molecular formula is C10H4Cl2N2O5S. The molecule has 2 heterocycles. The first kappa shape index (κ1) is 14.5. The average molecular weight is 335 g/mol. The largest absolute Gasteiger partial charge is 0.477 e. The van der Waals surface area contributed by atoms with E-state index in [2.05, 4.69) is 4.98 Å². The van der Waals surface area contributed by atoms with Crippen LogP contribution in [0.4, 0.5) is 5.69 Å². The molecule has 104 valence electrons. The second-order valence-corrected chi connectivity index (χ2v) is 5.21. The second-order valence-electron chi connectivity index (χ2n) is 3.38. The topological polar surface area (TPSA) is 103 Å². The lowest BCUT2D eigenvalue weighted by atomic mass is 10.4. The highest BCUT2D eigenvalue weighted by molar-refractivity contribution is 7.16. The first-order chi connectivity index (χ1) is 9.40. The SMILES string of the molecule is O=C(O)c1cc([N+](=O)[O-])c(Oc2c(Cl)cncc2Cl)s1. The Labute approximate surface area is 125 Å². The zero-order valence-corrected chi connectivity index (χ0v) is 11.7. The molecule has 0 bridgehead atoms. The number of hydrogen-bond acceptors (Lipinski definition) is 6. The van der Waals surface area contributed by atoms with Crippen LogP contribution in [-0.2, 0) is 0 Å². The van der Waals surface area contributed by atoms with Crippen molar-refractivity contribution in [1.82, 2.24) is 4.98 Å². The number of rotatable bonds is 4. The van der Waals surface area contributed by atoms with Crippen LogP contribution >= 0.6 is 34.5 Å². The van der Waals surface area contributed by atoms with Gasteiger partial charge >= 0.3 is 11.7 Å². The van der Waals surface area contributed by atoms with E-state index in [0.29, 0.717) is 11.3 Å². The van der Waals surface area contributed by atoms with E-state index in [1.807, 2.05) is 0 Å². The maximum Gasteiger partial charge on any atom is 0.346 e. The van der Waals surface area contributed by atoms with Crippen LogP contribution < -0.4 is 4.74 Å². The maximum absolute atomic E-state index is 10.9. The predicted octanol–water partition coefficient (Wildman–Crippen LogP) is 3.85. The van der Waals surface area contributed by atoms with Gasteiger partial charge in [0.05, 0.1) is 4.92 Å². The van der Waals surface area contributed by atoms with Crippen molar-refractivity contribution in [2.45, 2.75) is 0 Å². The molecule has 0 aliphatic carbocycles. The third kappa shape index (κ3) is 2.82. The van der Waals surface area contributed by atoms with Gasteiger partial charge < -0.3 is 9.84 Å². The molecule has 0 saturated heterocycles. The average Bonchev–Trinajstić information content (AvgIpc) is 2.78. The summed E-state index contributed by atoms with van der Waals surface area (Å²) in [6.45, 7) is 0. The van der Waals surface area contributed by atoms with Gasteiger partial charge in [-0.1, -0.05) is 34.5 Å². The van der Waals surface area contributed by atoms with Crippen molar-refractivity contribution in [2.24, 2.45) is 0 Å². The molecule has 0 amide bonds. The molecule has 2 aromatic rings. The smallest absolute Gasteiger partial charge is 0.346 e. The van der Waals surface area contributed by atoms with Crippen LogP contribution in [0.3, 0.4) is 0 Å². The van der Waals surface area contributed by atoms with E-state index in [9.17, 15) is 14.9 Å². The monoisotopic (exact) mass is 334 g/mol. The number of halogens is 2. The maximum atomic E-state index is 10.9. The zero-order valence-electron chi connectivity index (χ0n) is 9.37. The number of ether oxygens (including phenoxy) is 1. The summed E-state index contributed by atoms with van der Waals surface area (Å²) >= 11 is 12.3. The number of carbonyl (C=O) groups is 1. The number of hydrogen-bond donors (Lipinski definition) is 1. The van der Waals surface area contributed by atoms with Crippen LogP contribution in [0.5, 0.6) is 10.8 Å². The van der Waals surface area contributed by atoms with Crippen molar-refractivity contribution in [3.8, 4) is 10.8 Å². The molecule has 7 nitrogen and oxygen atoms in total. The molecule has 0 saturated carbocycles. The summed E-state index contributed by atoms with van der Waals surface area (Å²) in [6, 6.07) is 0.908. The number of thiophene rings is 1. The minimum atomic E-state index is -1.29. The Hall–Kier alpha value is -1.90. The summed E-state index contributed by atoms with van der Waals surface area (Å²) in [5.41, 5.74) is -0.476. The Morgan fingerprint density at radius 2 is 2.00 bits per heavy atom. The minimum absolute atomic E-state index is 0.0229. The van der Waals surface area contributed by atoms with Crippen LogP contribution in [0.2, 0.25) is 10.0 Å². The second kappa shape index (κ2) is 5.61. The highest BCUT2D eigenvalue weighted by Gasteiger charge is 2.25. The number of nitro groups is 1. The molecule has 0 fully saturated rings. The highest BCUT2D eigenvalue weighted by atomic mass is 35.5. The molecule has 0 atom stereocenters. The van der Waals surface area contributed by atoms with E-state index >= 15 is 0 Å². The van der Waals surface area contributed by atoms with Gasteiger partial charge in [-0.3, -0.25) is 15.1 Å². The van der Waals surface area contributed by atoms with Crippen molar-refractivity contribution in [2.75, 3.05) is 0 Å². The summed E-state index contributed by atoms with van der Waals surface area (Å²) in [4.78, 5) is 24.5. The van der Waals surface area contributed by atoms with E-state index in [1.54, 1.807) is 0 Å². The fraction of sp³-hybridized carbons (Fsp3) is 0. The van der Waals surface area contributed by atoms with Gasteiger partial charge in [-0.05, 0) is 0 Å². The fourth-order valence-corrected chi connectivity index (χ4v) is 2.52. The lowest BCUT2D eigenvalue weighted by Crippen LogP contribution is -1.91. The molecule has 2 rings (SSSR count). The Balaban J connectivity index is 2.47. The number of carboxylic acid groups (broad SMARTS) is 1. The van der Waals surface area contributed by atoms with Gasteiger partial charge in [-0.25, -0.2) is 4.79 Å². The molecular weight excluding hydrogens is 331 g/mol. The van der Waals surface area contributed by atoms with E-state index in [4.69, 9.17) is 33.0 Å². The quantitative estimate of drug-likeness (QED) is 0.672. The lowest BCUT2D eigenvalue weighted by molar-refractivity contribution is -0.385. The minimum Gasteiger partial charge on any atom is -0.477 e. The van der Waals surface area contributed by atoms with Crippen LogP contribution in [0, 0.1) is 10.1 Å². The number of nitrogens with zero attached hydrogens (tertiary/aromatic N) is 2. The van der Waals surface area contributed by atoms with Crippen molar-refractivity contribution >= 4 is 46.2 Å². The summed E-state index contributed by atoms with van der Waals surface area (Å²) < 4.78 is 5.27. The Kier molecular flexibility index (Phi) is 4.07. The molecule has 0 aromatic carbocycles. The summed E-state index contributed by atoms with van der Waals surface area (Å²) in [7, 11) is 0. The van der Waals surface area contributed by atoms with Crippen molar-refractivity contribution in [3.05, 3.63) is 43.5 Å². The number of aromatic nitrogens is 1. The molecule has 2 aromatic heterocycles. The molecule has 0 radical (unpaired) electrons. The lowest BCUT2D eigenvalue weighted by Gasteiger charge is -2.06. The van der Waals surface area contributed by atoms with Crippen LogP contribution in [0.1, 0.15) is 9.67 Å². The van der Waals surface area contributed by atoms with Crippen LogP contribution in [0.15, 0.2) is 18.5 Å². The number of carboxylic acids is 1. The Bertz CT molecular complexity index is 683. The Morgan fingerprint density at radius 3 is 2.50 bits per heavy atom. The highest BCUT2D eigenvalue weighted by Crippen LogP contribution is 2.43. The van der Waals surface area contributed by atoms with Crippen molar-refractivity contribution in [1.29, 1.82) is 0 Å². The molecule has 0 unspecified atom stereocenters. The molecule has 0 spiro atoms. The van der Waals surface area contributed by atoms with Crippen LogP contribution in [-0.4, -0.2) is 21.0 Å². The van der Waals surface area contributed by atoms with Gasteiger partial charge in [0.15, 0.2) is 5.75 Å². The summed E-state index contributed by atoms with van der Waals surface area (Å²) in [5.74, 6) is -1.31. The number of aromatic carboxylic acids is 1. The third-order valence-corrected chi connectivity index (χ3v) is 3.62. The van der Waals surface area contributed by atoms with Gasteiger partial charge in [0.2, 0.25) is 0 Å².